The van der Waals surface area contributed by atoms with Crippen LogP contribution in [0, 0.1) is 18.3 Å². The molecule has 2 rings (SSSR count). The van der Waals surface area contributed by atoms with Crippen LogP contribution < -0.4 is 4.74 Å². The first-order valence-corrected chi connectivity index (χ1v) is 9.14. The van der Waals surface area contributed by atoms with Crippen molar-refractivity contribution < 1.29 is 23.8 Å². The van der Waals surface area contributed by atoms with Crippen LogP contribution in [0.4, 0.5) is 0 Å². The highest BCUT2D eigenvalue weighted by molar-refractivity contribution is 7.09. The van der Waals surface area contributed by atoms with Crippen LogP contribution in [0.3, 0.4) is 0 Å². The van der Waals surface area contributed by atoms with E-state index in [1.165, 1.54) is 18.4 Å². The van der Waals surface area contributed by atoms with Crippen molar-refractivity contribution in [3.63, 3.8) is 0 Å². The van der Waals surface area contributed by atoms with E-state index in [1.54, 1.807) is 30.5 Å². The smallest absolute Gasteiger partial charge is 0.338 e. The topological polar surface area (TPSA) is 98.5 Å². The minimum atomic E-state index is -1.04. The molecule has 142 valence electrons. The highest BCUT2D eigenvalue weighted by atomic mass is 32.1. The summed E-state index contributed by atoms with van der Waals surface area (Å²) in [6.45, 7) is 3.97. The summed E-state index contributed by atoms with van der Waals surface area (Å²) in [6.07, 6.45) is 0. The summed E-state index contributed by atoms with van der Waals surface area (Å²) < 4.78 is 15.7. The molecule has 8 heteroatoms. The van der Waals surface area contributed by atoms with E-state index in [9.17, 15) is 14.9 Å². The Labute approximate surface area is 161 Å². The van der Waals surface area contributed by atoms with Crippen LogP contribution in [0.25, 0.3) is 0 Å². The van der Waals surface area contributed by atoms with Gasteiger partial charge in [-0.1, -0.05) is 0 Å². The summed E-state index contributed by atoms with van der Waals surface area (Å²) in [5, 5.41) is 11.4. The van der Waals surface area contributed by atoms with Crippen LogP contribution in [0.1, 0.15) is 39.5 Å². The van der Waals surface area contributed by atoms with Crippen LogP contribution in [0.15, 0.2) is 23.6 Å². The van der Waals surface area contributed by atoms with Gasteiger partial charge in [0.25, 0.3) is 0 Å². The van der Waals surface area contributed by atoms with E-state index >= 15 is 0 Å². The second-order valence-corrected chi connectivity index (χ2v) is 6.49. The average molecular weight is 388 g/mol. The number of ketones is 1. The lowest BCUT2D eigenvalue weighted by Gasteiger charge is -2.11. The Morgan fingerprint density at radius 3 is 2.74 bits per heavy atom. The predicted molar refractivity (Wildman–Crippen MR) is 98.8 cm³/mol. The molecule has 0 aliphatic carbocycles. The monoisotopic (exact) mass is 388 g/mol. The van der Waals surface area contributed by atoms with Gasteiger partial charge in [-0.3, -0.25) is 4.79 Å². The van der Waals surface area contributed by atoms with Gasteiger partial charge in [-0.05, 0) is 32.0 Å². The van der Waals surface area contributed by atoms with E-state index in [0.717, 1.165) is 5.69 Å². The molecule has 1 aromatic heterocycles. The summed E-state index contributed by atoms with van der Waals surface area (Å²) in [4.78, 5) is 28.7. The average Bonchev–Trinajstić information content (AvgIpc) is 3.10. The summed E-state index contributed by atoms with van der Waals surface area (Å²) >= 11 is 1.23. The maximum Gasteiger partial charge on any atom is 0.338 e. The molecule has 0 bridgehead atoms. The summed E-state index contributed by atoms with van der Waals surface area (Å²) in [6, 6.07) is 6.71. The van der Waals surface area contributed by atoms with Gasteiger partial charge in [0.1, 0.15) is 10.8 Å². The van der Waals surface area contributed by atoms with E-state index in [4.69, 9.17) is 14.2 Å². The number of ether oxygens (including phenoxy) is 3. The van der Waals surface area contributed by atoms with E-state index in [2.05, 4.69) is 4.98 Å². The molecule has 0 radical (unpaired) electrons. The second-order valence-electron chi connectivity index (χ2n) is 5.60. The van der Waals surface area contributed by atoms with E-state index in [0.29, 0.717) is 29.5 Å². The van der Waals surface area contributed by atoms with E-state index in [-0.39, 0.29) is 5.56 Å². The van der Waals surface area contributed by atoms with Crippen molar-refractivity contribution in [3.8, 4) is 11.8 Å². The van der Waals surface area contributed by atoms with Gasteiger partial charge in [0.05, 0.1) is 25.3 Å². The minimum absolute atomic E-state index is 0.275. The fourth-order valence-corrected chi connectivity index (χ4v) is 3.16. The molecular formula is C19H20N2O5S. The number of benzene rings is 1. The van der Waals surface area contributed by atoms with Crippen molar-refractivity contribution in [3.05, 3.63) is 45.4 Å². The molecule has 1 aromatic carbocycles. The number of methoxy groups -OCH3 is 1. The second kappa shape index (κ2) is 9.80. The van der Waals surface area contributed by atoms with Gasteiger partial charge < -0.3 is 14.2 Å². The van der Waals surface area contributed by atoms with Crippen LogP contribution in [0.5, 0.6) is 5.75 Å². The highest BCUT2D eigenvalue weighted by Crippen LogP contribution is 2.23. The number of carbonyl (C=O) groups is 2. The number of aryl methyl sites for hydroxylation is 1. The van der Waals surface area contributed by atoms with Gasteiger partial charge >= 0.3 is 5.97 Å². The zero-order valence-corrected chi connectivity index (χ0v) is 16.2. The van der Waals surface area contributed by atoms with Crippen molar-refractivity contribution in [2.45, 2.75) is 26.4 Å². The quantitative estimate of drug-likeness (QED) is 0.609. The third-order valence-electron chi connectivity index (χ3n) is 3.66. The van der Waals surface area contributed by atoms with Crippen molar-refractivity contribution in [1.82, 2.24) is 4.98 Å². The highest BCUT2D eigenvalue weighted by Gasteiger charge is 2.24. The lowest BCUT2D eigenvalue weighted by molar-refractivity contribution is -0.122. The number of nitrogens with zero attached hydrogens (tertiary/aromatic N) is 2. The number of hydrogen-bond donors (Lipinski definition) is 0. The zero-order chi connectivity index (χ0) is 19.8. The predicted octanol–water partition coefficient (Wildman–Crippen LogP) is 3.03. The molecule has 0 saturated heterocycles. The number of aromatic nitrogens is 1. The molecule has 1 heterocycles. The third kappa shape index (κ3) is 5.36. The maximum atomic E-state index is 12.3. The molecule has 7 nitrogen and oxygen atoms in total. The third-order valence-corrected chi connectivity index (χ3v) is 4.69. The van der Waals surface area contributed by atoms with Crippen LogP contribution in [-0.2, 0) is 20.9 Å². The van der Waals surface area contributed by atoms with Gasteiger partial charge in [0, 0.05) is 23.2 Å². The molecule has 0 spiro atoms. The number of hydrogen-bond acceptors (Lipinski definition) is 8. The number of rotatable bonds is 9. The number of thiazole rings is 1. The minimum Gasteiger partial charge on any atom is -0.496 e. The van der Waals surface area contributed by atoms with Crippen molar-refractivity contribution in [2.24, 2.45) is 0 Å². The van der Waals surface area contributed by atoms with Crippen LogP contribution in [0.2, 0.25) is 0 Å². The van der Waals surface area contributed by atoms with Gasteiger partial charge in [-0.15, -0.1) is 11.3 Å². The SMILES string of the molecule is CCOCc1cc(C(=O)OCC(=O)[C@H](C#N)c2nc(C)cs2)ccc1OC. The van der Waals surface area contributed by atoms with Crippen molar-refractivity contribution >= 4 is 23.1 Å². The molecule has 0 aliphatic heterocycles. The largest absolute Gasteiger partial charge is 0.496 e. The molecule has 2 aromatic rings. The number of Topliss-reactive ketones (excluding diaryl/α,β-unsaturated/α-hetero) is 1. The first-order chi connectivity index (χ1) is 13.0. The molecule has 0 fully saturated rings. The molecule has 0 N–H and O–H groups in total. The van der Waals surface area contributed by atoms with Crippen LogP contribution >= 0.6 is 11.3 Å². The first-order valence-electron chi connectivity index (χ1n) is 8.26. The van der Waals surface area contributed by atoms with Crippen molar-refractivity contribution in [2.75, 3.05) is 20.3 Å². The van der Waals surface area contributed by atoms with Gasteiger partial charge in [-0.2, -0.15) is 5.26 Å². The number of nitriles is 1. The lowest BCUT2D eigenvalue weighted by atomic mass is 10.1. The Bertz CT molecular complexity index is 856. The Morgan fingerprint density at radius 1 is 1.37 bits per heavy atom. The number of esters is 1. The molecule has 1 atom stereocenters. The van der Waals surface area contributed by atoms with Gasteiger partial charge in [0.2, 0.25) is 0 Å². The fourth-order valence-electron chi connectivity index (χ4n) is 2.30. The zero-order valence-electron chi connectivity index (χ0n) is 15.4. The standard InChI is InChI=1S/C19H20N2O5S/c1-4-25-9-14-7-13(5-6-17(14)24-3)19(23)26-10-16(22)15(8-20)18-21-12(2)11-27-18/h5-7,11,15H,4,9-10H2,1-3H3/t15-/m0/s1. The number of carbonyl (C=O) groups excluding carboxylic acids is 2. The van der Waals surface area contributed by atoms with E-state index in [1.807, 2.05) is 13.0 Å². The normalized spacial score (nSPS) is 11.5. The van der Waals surface area contributed by atoms with Crippen LogP contribution in [-0.4, -0.2) is 37.1 Å². The summed E-state index contributed by atoms with van der Waals surface area (Å²) in [5.74, 6) is -1.61. The maximum absolute atomic E-state index is 12.3. The van der Waals surface area contributed by atoms with Gasteiger partial charge in [0.15, 0.2) is 18.3 Å². The van der Waals surface area contributed by atoms with Gasteiger partial charge in [-0.25, -0.2) is 9.78 Å². The molecule has 0 aliphatic rings. The fraction of sp³-hybridized carbons (Fsp3) is 0.368. The molecular weight excluding hydrogens is 368 g/mol. The Balaban J connectivity index is 2.04. The summed E-state index contributed by atoms with van der Waals surface area (Å²) in [5.41, 5.74) is 1.71. The van der Waals surface area contributed by atoms with Crippen molar-refractivity contribution in [1.29, 1.82) is 5.26 Å². The Kier molecular flexibility index (Phi) is 7.46. The lowest BCUT2D eigenvalue weighted by Crippen LogP contribution is -2.20. The molecule has 0 amide bonds. The molecule has 0 saturated carbocycles. The first kappa shape index (κ1) is 20.6. The Morgan fingerprint density at radius 2 is 2.15 bits per heavy atom. The summed E-state index contributed by atoms with van der Waals surface area (Å²) in [7, 11) is 1.53. The molecule has 27 heavy (non-hydrogen) atoms. The Hall–Kier alpha value is -2.76. The van der Waals surface area contributed by atoms with E-state index < -0.39 is 24.3 Å². The molecule has 0 unspecified atom stereocenters.